The van der Waals surface area contributed by atoms with Crippen LogP contribution in [-0.2, 0) is 4.43 Å². The molecular formula is C8H15F3OSSi. The van der Waals surface area contributed by atoms with Crippen molar-refractivity contribution in [2.75, 3.05) is 5.75 Å². The molecular weight excluding hydrogens is 229 g/mol. The van der Waals surface area contributed by atoms with Crippen LogP contribution in [0, 0.1) is 0 Å². The van der Waals surface area contributed by atoms with E-state index in [0.29, 0.717) is 12.2 Å². The lowest BCUT2D eigenvalue weighted by Gasteiger charge is -2.36. The van der Waals surface area contributed by atoms with Gasteiger partial charge in [0.15, 0.2) is 13.3 Å². The van der Waals surface area contributed by atoms with Gasteiger partial charge in [-0.15, -0.1) is 11.8 Å². The van der Waals surface area contributed by atoms with E-state index in [-0.39, 0.29) is 6.42 Å². The quantitative estimate of drug-likeness (QED) is 0.686. The van der Waals surface area contributed by atoms with Gasteiger partial charge in [-0.25, -0.2) is 0 Å². The molecule has 0 aliphatic carbocycles. The molecule has 14 heavy (non-hydrogen) atoms. The maximum absolute atomic E-state index is 12.8. The number of thioether (sulfide) groups is 1. The van der Waals surface area contributed by atoms with Gasteiger partial charge in [-0.1, -0.05) is 0 Å². The molecule has 1 rings (SSSR count). The molecule has 0 spiro atoms. The van der Waals surface area contributed by atoms with E-state index in [1.54, 1.807) is 19.6 Å². The van der Waals surface area contributed by atoms with Gasteiger partial charge in [0.05, 0.1) is 0 Å². The molecule has 0 aromatic carbocycles. The van der Waals surface area contributed by atoms with Crippen LogP contribution in [0.4, 0.5) is 13.2 Å². The first-order valence-corrected chi connectivity index (χ1v) is 8.97. The van der Waals surface area contributed by atoms with Crippen molar-refractivity contribution in [1.82, 2.24) is 0 Å². The number of hydrogen-bond donors (Lipinski definition) is 0. The molecule has 1 aliphatic rings. The number of alkyl halides is 3. The van der Waals surface area contributed by atoms with Gasteiger partial charge in [0.2, 0.25) is 0 Å². The molecule has 0 aromatic rings. The molecule has 0 aromatic heterocycles. The van der Waals surface area contributed by atoms with Crippen LogP contribution in [0.2, 0.25) is 19.6 Å². The van der Waals surface area contributed by atoms with Crippen LogP contribution in [0.5, 0.6) is 0 Å². The van der Waals surface area contributed by atoms with Gasteiger partial charge in [-0.2, -0.15) is 13.2 Å². The Morgan fingerprint density at radius 3 is 2.14 bits per heavy atom. The molecule has 1 nitrogen and oxygen atoms in total. The molecule has 1 atom stereocenters. The largest absolute Gasteiger partial charge is 0.426 e. The Morgan fingerprint density at radius 1 is 1.29 bits per heavy atom. The molecule has 1 heterocycles. The highest BCUT2D eigenvalue weighted by Gasteiger charge is 2.59. The summed E-state index contributed by atoms with van der Waals surface area (Å²) in [5.74, 6) is 0.546. The Labute approximate surface area is 87.5 Å². The van der Waals surface area contributed by atoms with Gasteiger partial charge in [-0.3, -0.25) is 0 Å². The van der Waals surface area contributed by atoms with E-state index in [0.717, 1.165) is 11.8 Å². The molecule has 0 N–H and O–H groups in total. The zero-order valence-corrected chi connectivity index (χ0v) is 10.4. The highest BCUT2D eigenvalue weighted by molar-refractivity contribution is 8.00. The second-order valence-electron chi connectivity index (χ2n) is 4.42. The van der Waals surface area contributed by atoms with Crippen LogP contribution in [0.15, 0.2) is 0 Å². The standard InChI is InChI=1S/C8H15F3OSSi/c1-14(2,3)12-7(8(9,10)11)5-4-6-13-7/h4-6H2,1-3H3. The second-order valence-corrected chi connectivity index (χ2v) is 10.2. The van der Waals surface area contributed by atoms with E-state index < -0.39 is 19.4 Å². The predicted octanol–water partition coefficient (Wildman–Crippen LogP) is 3.62. The number of rotatable bonds is 2. The fraction of sp³-hybridized carbons (Fsp3) is 1.00. The Balaban J connectivity index is 2.83. The first kappa shape index (κ1) is 12.4. The molecule has 84 valence electrons. The summed E-state index contributed by atoms with van der Waals surface area (Å²) >= 11 is 0.911. The lowest BCUT2D eigenvalue weighted by Crippen LogP contribution is -2.49. The van der Waals surface area contributed by atoms with Gasteiger partial charge in [-0.05, 0) is 38.2 Å². The smallest absolute Gasteiger partial charge is 0.396 e. The van der Waals surface area contributed by atoms with Crippen molar-refractivity contribution in [2.45, 2.75) is 43.6 Å². The minimum Gasteiger partial charge on any atom is -0.396 e. The van der Waals surface area contributed by atoms with Crippen LogP contribution in [-0.4, -0.2) is 25.2 Å². The van der Waals surface area contributed by atoms with E-state index >= 15 is 0 Å². The molecule has 0 bridgehead atoms. The van der Waals surface area contributed by atoms with E-state index in [9.17, 15) is 13.2 Å². The van der Waals surface area contributed by atoms with Crippen molar-refractivity contribution in [1.29, 1.82) is 0 Å². The zero-order valence-electron chi connectivity index (χ0n) is 8.57. The second kappa shape index (κ2) is 3.72. The minimum atomic E-state index is -4.24. The van der Waals surface area contributed by atoms with Crippen molar-refractivity contribution in [3.63, 3.8) is 0 Å². The third kappa shape index (κ3) is 2.67. The molecule has 1 saturated heterocycles. The average Bonchev–Trinajstić information content (AvgIpc) is 2.31. The van der Waals surface area contributed by atoms with Gasteiger partial charge < -0.3 is 4.43 Å². The fourth-order valence-corrected chi connectivity index (χ4v) is 4.73. The van der Waals surface area contributed by atoms with Crippen LogP contribution < -0.4 is 0 Å². The van der Waals surface area contributed by atoms with Crippen molar-refractivity contribution in [2.24, 2.45) is 0 Å². The van der Waals surface area contributed by atoms with Crippen molar-refractivity contribution in [3.8, 4) is 0 Å². The fourth-order valence-electron chi connectivity index (χ4n) is 1.47. The summed E-state index contributed by atoms with van der Waals surface area (Å²) in [7, 11) is -2.15. The SMILES string of the molecule is C[Si](C)(C)OC1(C(F)(F)F)CCCS1. The Bertz CT molecular complexity index is 206. The number of hydrogen-bond acceptors (Lipinski definition) is 2. The van der Waals surface area contributed by atoms with Crippen molar-refractivity contribution in [3.05, 3.63) is 0 Å². The first-order chi connectivity index (χ1) is 6.16. The highest BCUT2D eigenvalue weighted by atomic mass is 32.2. The third-order valence-electron chi connectivity index (χ3n) is 1.89. The first-order valence-electron chi connectivity index (χ1n) is 4.57. The van der Waals surface area contributed by atoms with Crippen LogP contribution >= 0.6 is 11.8 Å². The summed E-state index contributed by atoms with van der Waals surface area (Å²) in [5, 5.41) is 0. The predicted molar refractivity (Wildman–Crippen MR) is 54.9 cm³/mol. The topological polar surface area (TPSA) is 9.23 Å². The summed E-state index contributed by atoms with van der Waals surface area (Å²) in [4.78, 5) is -1.91. The van der Waals surface area contributed by atoms with E-state index in [1.807, 2.05) is 0 Å². The summed E-state index contributed by atoms with van der Waals surface area (Å²) in [6.07, 6.45) is -3.55. The minimum absolute atomic E-state index is 0.103. The molecule has 1 aliphatic heterocycles. The van der Waals surface area contributed by atoms with E-state index in [4.69, 9.17) is 4.43 Å². The van der Waals surface area contributed by atoms with Gasteiger partial charge in [0.25, 0.3) is 0 Å². The average molecular weight is 244 g/mol. The Kier molecular flexibility index (Phi) is 3.29. The lowest BCUT2D eigenvalue weighted by atomic mass is 10.2. The normalized spacial score (nSPS) is 29.6. The van der Waals surface area contributed by atoms with Crippen LogP contribution in [0.3, 0.4) is 0 Å². The summed E-state index contributed by atoms with van der Waals surface area (Å²) in [6, 6.07) is 0. The van der Waals surface area contributed by atoms with Crippen LogP contribution in [0.1, 0.15) is 12.8 Å². The van der Waals surface area contributed by atoms with Crippen LogP contribution in [0.25, 0.3) is 0 Å². The Morgan fingerprint density at radius 2 is 1.86 bits per heavy atom. The van der Waals surface area contributed by atoms with Gasteiger partial charge in [0.1, 0.15) is 0 Å². The molecule has 0 radical (unpaired) electrons. The van der Waals surface area contributed by atoms with Crippen molar-refractivity contribution >= 4 is 20.1 Å². The zero-order chi connectivity index (χ0) is 11.0. The van der Waals surface area contributed by atoms with E-state index in [2.05, 4.69) is 0 Å². The van der Waals surface area contributed by atoms with Crippen molar-refractivity contribution < 1.29 is 17.6 Å². The maximum atomic E-state index is 12.8. The van der Waals surface area contributed by atoms with Gasteiger partial charge >= 0.3 is 6.18 Å². The number of halogens is 3. The molecule has 6 heteroatoms. The third-order valence-corrected chi connectivity index (χ3v) is 4.48. The molecule has 1 unspecified atom stereocenters. The highest BCUT2D eigenvalue weighted by Crippen LogP contribution is 2.51. The summed E-state index contributed by atoms with van der Waals surface area (Å²) in [6.45, 7) is 5.37. The maximum Gasteiger partial charge on any atom is 0.426 e. The van der Waals surface area contributed by atoms with Gasteiger partial charge in [0, 0.05) is 0 Å². The molecule has 1 fully saturated rings. The van der Waals surface area contributed by atoms with E-state index in [1.165, 1.54) is 0 Å². The summed E-state index contributed by atoms with van der Waals surface area (Å²) < 4.78 is 43.8. The monoisotopic (exact) mass is 244 g/mol. The summed E-state index contributed by atoms with van der Waals surface area (Å²) in [5.41, 5.74) is 0. The molecule has 0 amide bonds. The lowest BCUT2D eigenvalue weighted by molar-refractivity contribution is -0.213. The Hall–Kier alpha value is 0.317. The molecule has 0 saturated carbocycles.